The number of nitrogens with zero attached hydrogens (tertiary/aromatic N) is 1. The molecule has 0 radical (unpaired) electrons. The summed E-state index contributed by atoms with van der Waals surface area (Å²) < 4.78 is 27.1. The topological polar surface area (TPSA) is 66.5 Å². The SMILES string of the molecule is Cc1ccc(S(=O)(=O)N2C[C@@H]3C(=O)CCN[C@@H]3[C@@H]2C)cc1. The van der Waals surface area contributed by atoms with Crippen LogP contribution in [0, 0.1) is 12.8 Å². The number of rotatable bonds is 2. The summed E-state index contributed by atoms with van der Waals surface area (Å²) in [6, 6.07) is 6.59. The second-order valence-corrected chi connectivity index (χ2v) is 7.82. The molecule has 2 heterocycles. The van der Waals surface area contributed by atoms with Crippen LogP contribution in [0.2, 0.25) is 0 Å². The molecule has 0 bridgehead atoms. The van der Waals surface area contributed by atoms with Crippen LogP contribution in [0.25, 0.3) is 0 Å². The average Bonchev–Trinajstić information content (AvgIpc) is 2.79. The normalized spacial score (nSPS) is 30.4. The minimum absolute atomic E-state index is 0.0635. The number of piperidine rings is 1. The largest absolute Gasteiger partial charge is 0.311 e. The molecule has 0 aliphatic carbocycles. The number of ketones is 1. The lowest BCUT2D eigenvalue weighted by atomic mass is 9.90. The van der Waals surface area contributed by atoms with E-state index in [1.165, 1.54) is 4.31 Å². The van der Waals surface area contributed by atoms with Crippen LogP contribution < -0.4 is 5.32 Å². The Balaban J connectivity index is 1.93. The minimum atomic E-state index is -3.55. The number of fused-ring (bicyclic) bond motifs is 1. The minimum Gasteiger partial charge on any atom is -0.311 e. The Hall–Kier alpha value is -1.24. The van der Waals surface area contributed by atoms with Gasteiger partial charge in [-0.25, -0.2) is 8.42 Å². The van der Waals surface area contributed by atoms with Gasteiger partial charge in [-0.15, -0.1) is 0 Å². The molecule has 2 fully saturated rings. The Morgan fingerprint density at radius 1 is 1.24 bits per heavy atom. The molecule has 5 nitrogen and oxygen atoms in total. The summed E-state index contributed by atoms with van der Waals surface area (Å²) in [4.78, 5) is 12.3. The average molecular weight is 308 g/mol. The lowest BCUT2D eigenvalue weighted by Gasteiger charge is -2.28. The predicted molar refractivity (Wildman–Crippen MR) is 79.4 cm³/mol. The van der Waals surface area contributed by atoms with Gasteiger partial charge in [0.25, 0.3) is 0 Å². The monoisotopic (exact) mass is 308 g/mol. The van der Waals surface area contributed by atoms with Gasteiger partial charge >= 0.3 is 0 Å². The van der Waals surface area contributed by atoms with E-state index in [1.807, 2.05) is 13.8 Å². The van der Waals surface area contributed by atoms with Gasteiger partial charge in [0.1, 0.15) is 5.78 Å². The summed E-state index contributed by atoms with van der Waals surface area (Å²) in [5, 5.41) is 3.30. The lowest BCUT2D eigenvalue weighted by molar-refractivity contribution is -0.124. The van der Waals surface area contributed by atoms with Crippen LogP contribution in [0.15, 0.2) is 29.2 Å². The summed E-state index contributed by atoms with van der Waals surface area (Å²) >= 11 is 0. The summed E-state index contributed by atoms with van der Waals surface area (Å²) in [6.45, 7) is 4.73. The second kappa shape index (κ2) is 5.19. The van der Waals surface area contributed by atoms with E-state index in [0.717, 1.165) is 5.56 Å². The highest BCUT2D eigenvalue weighted by molar-refractivity contribution is 7.89. The first-order valence-corrected chi connectivity index (χ1v) is 8.70. The van der Waals surface area contributed by atoms with Crippen LogP contribution in [0.5, 0.6) is 0 Å². The zero-order valence-electron chi connectivity index (χ0n) is 12.2. The summed E-state index contributed by atoms with van der Waals surface area (Å²) in [5.41, 5.74) is 1.02. The molecule has 1 aromatic rings. The van der Waals surface area contributed by atoms with Gasteiger partial charge in [-0.3, -0.25) is 4.79 Å². The van der Waals surface area contributed by atoms with Crippen LogP contribution in [0.1, 0.15) is 18.9 Å². The highest BCUT2D eigenvalue weighted by Gasteiger charge is 2.48. The molecule has 2 aliphatic rings. The van der Waals surface area contributed by atoms with E-state index in [1.54, 1.807) is 24.3 Å². The number of carbonyl (C=O) groups is 1. The number of aryl methyl sites for hydroxylation is 1. The highest BCUT2D eigenvalue weighted by Crippen LogP contribution is 2.32. The zero-order valence-corrected chi connectivity index (χ0v) is 13.1. The van der Waals surface area contributed by atoms with E-state index < -0.39 is 10.0 Å². The van der Waals surface area contributed by atoms with Crippen molar-refractivity contribution in [3.63, 3.8) is 0 Å². The van der Waals surface area contributed by atoms with Crippen molar-refractivity contribution in [3.05, 3.63) is 29.8 Å². The van der Waals surface area contributed by atoms with E-state index >= 15 is 0 Å². The quantitative estimate of drug-likeness (QED) is 0.883. The fourth-order valence-electron chi connectivity index (χ4n) is 3.31. The summed E-state index contributed by atoms with van der Waals surface area (Å²) in [5.74, 6) is -0.0406. The molecule has 2 aliphatic heterocycles. The number of benzene rings is 1. The van der Waals surface area contributed by atoms with Crippen LogP contribution in [-0.2, 0) is 14.8 Å². The van der Waals surface area contributed by atoms with E-state index in [4.69, 9.17) is 0 Å². The van der Waals surface area contributed by atoms with Crippen molar-refractivity contribution in [2.45, 2.75) is 37.2 Å². The standard InChI is InChI=1S/C15H20N2O3S/c1-10-3-5-12(6-4-10)21(19,20)17-9-13-14(18)7-8-16-15(13)11(17)2/h3-6,11,13,15-16H,7-9H2,1-2H3/t11-,13+,15+/m0/s1. The van der Waals surface area contributed by atoms with Crippen LogP contribution in [0.3, 0.4) is 0 Å². The third kappa shape index (κ3) is 2.41. The van der Waals surface area contributed by atoms with E-state index in [0.29, 0.717) is 17.9 Å². The molecule has 0 unspecified atom stereocenters. The van der Waals surface area contributed by atoms with Crippen LogP contribution >= 0.6 is 0 Å². The maximum Gasteiger partial charge on any atom is 0.243 e. The molecule has 0 saturated carbocycles. The molecular weight excluding hydrogens is 288 g/mol. The van der Waals surface area contributed by atoms with Gasteiger partial charge < -0.3 is 5.32 Å². The van der Waals surface area contributed by atoms with Gasteiger partial charge in [-0.1, -0.05) is 17.7 Å². The van der Waals surface area contributed by atoms with Gasteiger partial charge in [-0.05, 0) is 26.0 Å². The van der Waals surface area contributed by atoms with Gasteiger partial charge in [-0.2, -0.15) is 4.31 Å². The van der Waals surface area contributed by atoms with Crippen molar-refractivity contribution in [1.82, 2.24) is 9.62 Å². The molecule has 1 aromatic carbocycles. The van der Waals surface area contributed by atoms with Gasteiger partial charge in [0.15, 0.2) is 0 Å². The molecule has 0 aromatic heterocycles. The van der Waals surface area contributed by atoms with Crippen molar-refractivity contribution in [1.29, 1.82) is 0 Å². The van der Waals surface area contributed by atoms with Crippen molar-refractivity contribution < 1.29 is 13.2 Å². The molecular formula is C15H20N2O3S. The highest BCUT2D eigenvalue weighted by atomic mass is 32.2. The number of nitrogens with one attached hydrogen (secondary N) is 1. The van der Waals surface area contributed by atoms with Gasteiger partial charge in [0, 0.05) is 37.5 Å². The molecule has 2 saturated heterocycles. The first-order valence-electron chi connectivity index (χ1n) is 7.26. The summed E-state index contributed by atoms with van der Waals surface area (Å²) in [6.07, 6.45) is 0.492. The van der Waals surface area contributed by atoms with Crippen molar-refractivity contribution in [2.75, 3.05) is 13.1 Å². The van der Waals surface area contributed by atoms with Crippen LogP contribution in [0.4, 0.5) is 0 Å². The second-order valence-electron chi connectivity index (χ2n) is 5.93. The third-order valence-electron chi connectivity index (χ3n) is 4.58. The summed E-state index contributed by atoms with van der Waals surface area (Å²) in [7, 11) is -3.55. The van der Waals surface area contributed by atoms with Crippen LogP contribution in [-0.4, -0.2) is 43.7 Å². The molecule has 3 atom stereocenters. The maximum atomic E-state index is 12.8. The molecule has 1 N–H and O–H groups in total. The smallest absolute Gasteiger partial charge is 0.243 e. The predicted octanol–water partition coefficient (Wildman–Crippen LogP) is 0.935. The molecule has 0 spiro atoms. The Morgan fingerprint density at radius 3 is 2.52 bits per heavy atom. The number of hydrogen-bond donors (Lipinski definition) is 1. The van der Waals surface area contributed by atoms with Gasteiger partial charge in [0.05, 0.1) is 4.90 Å². The first kappa shape index (κ1) is 14.7. The Kier molecular flexibility index (Phi) is 3.63. The van der Waals surface area contributed by atoms with Crippen molar-refractivity contribution in [3.8, 4) is 0 Å². The Labute approximate surface area is 125 Å². The first-order chi connectivity index (χ1) is 9.91. The Morgan fingerprint density at radius 2 is 1.90 bits per heavy atom. The lowest BCUT2D eigenvalue weighted by Crippen LogP contribution is -2.49. The maximum absolute atomic E-state index is 12.8. The fourth-order valence-corrected chi connectivity index (χ4v) is 4.99. The number of Topliss-reactive ketones (excluding diaryl/α,β-unsaturated/α-hetero) is 1. The van der Waals surface area contributed by atoms with E-state index in [9.17, 15) is 13.2 Å². The zero-order chi connectivity index (χ0) is 15.2. The third-order valence-corrected chi connectivity index (χ3v) is 6.54. The van der Waals surface area contributed by atoms with Crippen molar-refractivity contribution in [2.24, 2.45) is 5.92 Å². The fraction of sp³-hybridized carbons (Fsp3) is 0.533. The number of carbonyl (C=O) groups excluding carboxylic acids is 1. The molecule has 3 rings (SSSR count). The molecule has 21 heavy (non-hydrogen) atoms. The van der Waals surface area contributed by atoms with Gasteiger partial charge in [0.2, 0.25) is 10.0 Å². The molecule has 6 heteroatoms. The van der Waals surface area contributed by atoms with Crippen molar-refractivity contribution >= 4 is 15.8 Å². The molecule has 0 amide bonds. The number of hydrogen-bond acceptors (Lipinski definition) is 4. The Bertz CT molecular complexity index is 654. The number of sulfonamides is 1. The van der Waals surface area contributed by atoms with E-state index in [-0.39, 0.29) is 30.3 Å². The van der Waals surface area contributed by atoms with E-state index in [2.05, 4.69) is 5.32 Å². The molecule has 114 valence electrons.